The summed E-state index contributed by atoms with van der Waals surface area (Å²) in [7, 11) is 0. The van der Waals surface area contributed by atoms with Gasteiger partial charge in [-0.05, 0) is 30.0 Å². The quantitative estimate of drug-likeness (QED) is 0.856. The summed E-state index contributed by atoms with van der Waals surface area (Å²) in [6.07, 6.45) is 5.14. The van der Waals surface area contributed by atoms with Gasteiger partial charge in [-0.25, -0.2) is 0 Å². The first-order valence-corrected chi connectivity index (χ1v) is 5.98. The summed E-state index contributed by atoms with van der Waals surface area (Å²) in [5, 5.41) is 9.80. The first-order valence-electron chi connectivity index (χ1n) is 5.98. The van der Waals surface area contributed by atoms with Gasteiger partial charge in [0, 0.05) is 5.41 Å². The Hall–Kier alpha value is -1.54. The van der Waals surface area contributed by atoms with Gasteiger partial charge in [-0.1, -0.05) is 37.3 Å². The highest BCUT2D eigenvalue weighted by Gasteiger charge is 2.30. The van der Waals surface area contributed by atoms with E-state index < -0.39 is 0 Å². The summed E-state index contributed by atoms with van der Waals surface area (Å²) in [4.78, 5) is 0. The normalized spacial score (nSPS) is 14.5. The van der Waals surface area contributed by atoms with E-state index in [0.717, 1.165) is 18.4 Å². The van der Waals surface area contributed by atoms with E-state index in [4.69, 9.17) is 4.42 Å². The molecular weight excluding hydrogens is 212 g/mol. The van der Waals surface area contributed by atoms with Crippen LogP contribution in [0.15, 0.2) is 53.3 Å². The van der Waals surface area contributed by atoms with E-state index in [-0.39, 0.29) is 12.0 Å². The number of benzene rings is 1. The van der Waals surface area contributed by atoms with Gasteiger partial charge in [-0.15, -0.1) is 0 Å². The molecule has 1 aromatic carbocycles. The topological polar surface area (TPSA) is 33.4 Å². The minimum atomic E-state index is -0.203. The Bertz CT molecular complexity index is 427. The number of rotatable bonds is 5. The Labute approximate surface area is 102 Å². The van der Waals surface area contributed by atoms with Gasteiger partial charge >= 0.3 is 0 Å². The van der Waals surface area contributed by atoms with Crippen LogP contribution >= 0.6 is 0 Å². The first kappa shape index (κ1) is 11.9. The highest BCUT2D eigenvalue weighted by Crippen LogP contribution is 2.31. The largest absolute Gasteiger partial charge is 0.472 e. The van der Waals surface area contributed by atoms with Gasteiger partial charge in [0.15, 0.2) is 0 Å². The zero-order valence-corrected chi connectivity index (χ0v) is 10.1. The zero-order valence-electron chi connectivity index (χ0n) is 10.1. The summed E-state index contributed by atoms with van der Waals surface area (Å²) in [6.45, 7) is 2.27. The van der Waals surface area contributed by atoms with E-state index in [9.17, 15) is 5.11 Å². The molecule has 0 saturated carbocycles. The van der Waals surface area contributed by atoms with E-state index in [1.165, 1.54) is 5.56 Å². The molecule has 0 aliphatic heterocycles. The Kier molecular flexibility index (Phi) is 3.64. The molecule has 0 bridgehead atoms. The standard InChI is InChI=1S/C15H18O2/c1-2-15(12-16,10-13-8-9-17-11-13)14-6-4-3-5-7-14/h3-9,11,16H,2,10,12H2,1H3. The maximum absolute atomic E-state index is 9.80. The molecule has 1 unspecified atom stereocenters. The average Bonchev–Trinajstić information content (AvgIpc) is 2.90. The van der Waals surface area contributed by atoms with Gasteiger partial charge in [0.25, 0.3) is 0 Å². The number of aliphatic hydroxyl groups is 1. The van der Waals surface area contributed by atoms with Crippen molar-refractivity contribution in [3.8, 4) is 0 Å². The second-order valence-corrected chi connectivity index (χ2v) is 4.47. The molecule has 1 aromatic heterocycles. The van der Waals surface area contributed by atoms with E-state index >= 15 is 0 Å². The Morgan fingerprint density at radius 2 is 1.94 bits per heavy atom. The summed E-state index contributed by atoms with van der Waals surface area (Å²) in [5.41, 5.74) is 2.11. The predicted molar refractivity (Wildman–Crippen MR) is 67.9 cm³/mol. The third kappa shape index (κ3) is 2.42. The summed E-state index contributed by atoms with van der Waals surface area (Å²) < 4.78 is 5.10. The molecule has 2 nitrogen and oxygen atoms in total. The molecule has 2 rings (SSSR count). The van der Waals surface area contributed by atoms with Crippen molar-refractivity contribution < 1.29 is 9.52 Å². The molecule has 1 atom stereocenters. The van der Waals surface area contributed by atoms with Crippen molar-refractivity contribution in [2.75, 3.05) is 6.61 Å². The molecule has 2 aromatic rings. The van der Waals surface area contributed by atoms with Crippen LogP contribution in [0.25, 0.3) is 0 Å². The van der Waals surface area contributed by atoms with Gasteiger partial charge in [-0.2, -0.15) is 0 Å². The Balaban J connectivity index is 2.32. The summed E-state index contributed by atoms with van der Waals surface area (Å²) >= 11 is 0. The van der Waals surface area contributed by atoms with Crippen LogP contribution in [-0.2, 0) is 11.8 Å². The lowest BCUT2D eigenvalue weighted by Gasteiger charge is -2.31. The highest BCUT2D eigenvalue weighted by molar-refractivity contribution is 5.28. The van der Waals surface area contributed by atoms with Crippen molar-refractivity contribution in [3.63, 3.8) is 0 Å². The molecule has 0 spiro atoms. The van der Waals surface area contributed by atoms with Crippen LogP contribution in [0.5, 0.6) is 0 Å². The number of hydrogen-bond donors (Lipinski definition) is 1. The van der Waals surface area contributed by atoms with Crippen molar-refractivity contribution in [3.05, 3.63) is 60.1 Å². The van der Waals surface area contributed by atoms with Gasteiger partial charge in [0.05, 0.1) is 19.1 Å². The third-order valence-corrected chi connectivity index (χ3v) is 3.49. The van der Waals surface area contributed by atoms with Crippen LogP contribution in [-0.4, -0.2) is 11.7 Å². The maximum atomic E-state index is 9.80. The molecule has 0 amide bonds. The molecule has 0 aliphatic carbocycles. The smallest absolute Gasteiger partial charge is 0.0934 e. The second kappa shape index (κ2) is 5.19. The van der Waals surface area contributed by atoms with E-state index in [1.54, 1.807) is 12.5 Å². The van der Waals surface area contributed by atoms with Gasteiger partial charge in [-0.3, -0.25) is 0 Å². The van der Waals surface area contributed by atoms with E-state index in [2.05, 4.69) is 19.1 Å². The first-order chi connectivity index (χ1) is 8.30. The number of hydrogen-bond acceptors (Lipinski definition) is 2. The van der Waals surface area contributed by atoms with Gasteiger partial charge in [0.2, 0.25) is 0 Å². The fourth-order valence-electron chi connectivity index (χ4n) is 2.27. The molecular formula is C15H18O2. The third-order valence-electron chi connectivity index (χ3n) is 3.49. The van der Waals surface area contributed by atoms with Crippen LogP contribution in [0.2, 0.25) is 0 Å². The fraction of sp³-hybridized carbons (Fsp3) is 0.333. The minimum absolute atomic E-state index is 0.151. The molecule has 17 heavy (non-hydrogen) atoms. The molecule has 90 valence electrons. The zero-order chi connectivity index (χ0) is 12.1. The van der Waals surface area contributed by atoms with Crippen LogP contribution < -0.4 is 0 Å². The van der Waals surface area contributed by atoms with Gasteiger partial charge in [0.1, 0.15) is 0 Å². The molecule has 0 aliphatic rings. The van der Waals surface area contributed by atoms with Crippen LogP contribution in [0.1, 0.15) is 24.5 Å². The number of furan rings is 1. The summed E-state index contributed by atoms with van der Waals surface area (Å²) in [6, 6.07) is 12.2. The monoisotopic (exact) mass is 230 g/mol. The molecule has 0 radical (unpaired) electrons. The fourth-order valence-corrected chi connectivity index (χ4v) is 2.27. The van der Waals surface area contributed by atoms with Crippen molar-refractivity contribution in [1.82, 2.24) is 0 Å². The highest BCUT2D eigenvalue weighted by atomic mass is 16.3. The van der Waals surface area contributed by atoms with Crippen molar-refractivity contribution in [2.45, 2.75) is 25.2 Å². The van der Waals surface area contributed by atoms with Gasteiger partial charge < -0.3 is 9.52 Å². The van der Waals surface area contributed by atoms with E-state index in [1.807, 2.05) is 24.3 Å². The van der Waals surface area contributed by atoms with E-state index in [0.29, 0.717) is 0 Å². The van der Waals surface area contributed by atoms with Crippen molar-refractivity contribution >= 4 is 0 Å². The second-order valence-electron chi connectivity index (χ2n) is 4.47. The average molecular weight is 230 g/mol. The van der Waals surface area contributed by atoms with Crippen LogP contribution in [0, 0.1) is 0 Å². The summed E-state index contributed by atoms with van der Waals surface area (Å²) in [5.74, 6) is 0. The molecule has 0 fully saturated rings. The predicted octanol–water partition coefficient (Wildman–Crippen LogP) is 3.16. The molecule has 2 heteroatoms. The Morgan fingerprint density at radius 1 is 1.18 bits per heavy atom. The molecule has 0 saturated heterocycles. The lowest BCUT2D eigenvalue weighted by molar-refractivity contribution is 0.186. The van der Waals surface area contributed by atoms with Crippen LogP contribution in [0.3, 0.4) is 0 Å². The minimum Gasteiger partial charge on any atom is -0.472 e. The lowest BCUT2D eigenvalue weighted by Crippen LogP contribution is -2.32. The lowest BCUT2D eigenvalue weighted by atomic mass is 9.74. The number of aliphatic hydroxyl groups excluding tert-OH is 1. The van der Waals surface area contributed by atoms with Crippen LogP contribution in [0.4, 0.5) is 0 Å². The molecule has 1 N–H and O–H groups in total. The SMILES string of the molecule is CCC(CO)(Cc1ccoc1)c1ccccc1. The van der Waals surface area contributed by atoms with Crippen molar-refractivity contribution in [1.29, 1.82) is 0 Å². The Morgan fingerprint density at radius 3 is 2.47 bits per heavy atom. The van der Waals surface area contributed by atoms with Crippen molar-refractivity contribution in [2.24, 2.45) is 0 Å². The maximum Gasteiger partial charge on any atom is 0.0934 e. The molecule has 1 heterocycles.